The predicted molar refractivity (Wildman–Crippen MR) is 119 cm³/mol. The summed E-state index contributed by atoms with van der Waals surface area (Å²) in [7, 11) is 3.95. The molecule has 2 bridgehead atoms. The summed E-state index contributed by atoms with van der Waals surface area (Å²) >= 11 is 0. The topological polar surface area (TPSA) is 65.8 Å². The molecule has 6 rings (SSSR count). The van der Waals surface area contributed by atoms with Crippen molar-refractivity contribution in [3.8, 4) is 0 Å². The van der Waals surface area contributed by atoms with Crippen molar-refractivity contribution in [1.82, 2.24) is 9.88 Å². The van der Waals surface area contributed by atoms with E-state index >= 15 is 0 Å². The van der Waals surface area contributed by atoms with Crippen LogP contribution in [0.2, 0.25) is 0 Å². The lowest BCUT2D eigenvalue weighted by molar-refractivity contribution is -0.161. The highest BCUT2D eigenvalue weighted by atomic mass is 16.5. The number of nitrogens with zero attached hydrogens (tertiary/aromatic N) is 2. The zero-order valence-corrected chi connectivity index (χ0v) is 18.6. The van der Waals surface area contributed by atoms with Gasteiger partial charge in [-0.05, 0) is 80.6 Å². The first kappa shape index (κ1) is 19.9. The molecule has 0 aromatic carbocycles. The van der Waals surface area contributed by atoms with Gasteiger partial charge in [-0.25, -0.2) is 0 Å². The van der Waals surface area contributed by atoms with Gasteiger partial charge in [0, 0.05) is 29.8 Å². The van der Waals surface area contributed by atoms with Gasteiger partial charge in [-0.3, -0.25) is 4.98 Å². The molecule has 0 radical (unpaired) electrons. The van der Waals surface area contributed by atoms with Crippen molar-refractivity contribution in [3.63, 3.8) is 0 Å². The lowest BCUT2D eigenvalue weighted by Gasteiger charge is -2.55. The molecule has 2 N–H and O–H groups in total. The fraction of sp³-hybridized carbons (Fsp3) is 0.577. The van der Waals surface area contributed by atoms with Crippen LogP contribution in [0.15, 0.2) is 53.9 Å². The Hall–Kier alpha value is -1.79. The normalized spacial score (nSPS) is 45.4. The lowest BCUT2D eigenvalue weighted by atomic mass is 9.58. The number of likely N-dealkylation sites (N-methyl/N-ethyl adjacent to an activating group) is 1. The molecule has 7 atom stereocenters. The summed E-state index contributed by atoms with van der Waals surface area (Å²) in [6.45, 7) is 2.40. The Kier molecular flexibility index (Phi) is 4.09. The summed E-state index contributed by atoms with van der Waals surface area (Å²) in [6.07, 6.45) is 13.6. The Bertz CT molecular complexity index is 1010. The maximum Gasteiger partial charge on any atom is 0.105 e. The second-order valence-electron chi connectivity index (χ2n) is 10.7. The molecular formula is C26H32N2O3. The highest BCUT2D eigenvalue weighted by Crippen LogP contribution is 2.67. The van der Waals surface area contributed by atoms with Crippen LogP contribution < -0.4 is 0 Å². The number of ether oxygens (including phenoxy) is 1. The van der Waals surface area contributed by atoms with Crippen LogP contribution in [-0.2, 0) is 4.74 Å². The zero-order valence-electron chi connectivity index (χ0n) is 18.6. The first-order chi connectivity index (χ1) is 14.8. The van der Waals surface area contributed by atoms with Crippen molar-refractivity contribution in [3.05, 3.63) is 59.5 Å². The van der Waals surface area contributed by atoms with Crippen LogP contribution in [0.3, 0.4) is 0 Å². The molecule has 5 aliphatic rings. The van der Waals surface area contributed by atoms with Crippen LogP contribution in [0, 0.1) is 11.3 Å². The van der Waals surface area contributed by atoms with Crippen LogP contribution >= 0.6 is 0 Å². The smallest absolute Gasteiger partial charge is 0.105 e. The second-order valence-corrected chi connectivity index (χ2v) is 10.7. The Labute approximate surface area is 184 Å². The number of fused-ring (bicyclic) bond motifs is 1. The third kappa shape index (κ3) is 2.44. The summed E-state index contributed by atoms with van der Waals surface area (Å²) in [5.41, 5.74) is 4.03. The van der Waals surface area contributed by atoms with Crippen LogP contribution in [0.1, 0.15) is 44.6 Å². The van der Waals surface area contributed by atoms with E-state index in [2.05, 4.69) is 42.3 Å². The third-order valence-corrected chi connectivity index (χ3v) is 9.08. The molecule has 2 spiro atoms. The van der Waals surface area contributed by atoms with Crippen molar-refractivity contribution < 1.29 is 14.9 Å². The molecule has 1 aromatic heterocycles. The minimum Gasteiger partial charge on any atom is -0.388 e. The molecule has 5 heteroatoms. The molecule has 1 unspecified atom stereocenters. The number of aromatic nitrogens is 1. The van der Waals surface area contributed by atoms with E-state index in [1.165, 1.54) is 16.7 Å². The predicted octanol–water partition coefficient (Wildman–Crippen LogP) is 3.11. The molecule has 2 fully saturated rings. The number of pyridine rings is 1. The van der Waals surface area contributed by atoms with Crippen molar-refractivity contribution in [1.29, 1.82) is 0 Å². The Morgan fingerprint density at radius 2 is 1.90 bits per heavy atom. The van der Waals surface area contributed by atoms with Crippen LogP contribution in [0.25, 0.3) is 5.57 Å². The summed E-state index contributed by atoms with van der Waals surface area (Å²) in [5.74, 6) is 0.377. The average molecular weight is 421 g/mol. The summed E-state index contributed by atoms with van der Waals surface area (Å²) < 4.78 is 7.16. The van der Waals surface area contributed by atoms with Crippen molar-refractivity contribution in [2.24, 2.45) is 11.3 Å². The SMILES string of the molecule is CN(C)[C@H]1C[C@@]23CC[C@@]4(O2)C(=CC[C@]2(C)C(c5ccncc5)=CCC24)C=C3[C@@H](O)[C@@H]1O. The van der Waals surface area contributed by atoms with Gasteiger partial charge >= 0.3 is 0 Å². The number of hydrogen-bond acceptors (Lipinski definition) is 5. The van der Waals surface area contributed by atoms with E-state index in [1.807, 2.05) is 31.4 Å². The van der Waals surface area contributed by atoms with Crippen LogP contribution in [0.4, 0.5) is 0 Å². The second kappa shape index (κ2) is 6.38. The largest absolute Gasteiger partial charge is 0.388 e. The Balaban J connectivity index is 1.43. The van der Waals surface area contributed by atoms with Gasteiger partial charge in [-0.1, -0.05) is 25.2 Å². The van der Waals surface area contributed by atoms with E-state index in [0.29, 0.717) is 5.92 Å². The molecular weight excluding hydrogens is 388 g/mol. The highest BCUT2D eigenvalue weighted by molar-refractivity contribution is 5.74. The number of rotatable bonds is 2. The minimum atomic E-state index is -0.874. The zero-order chi connectivity index (χ0) is 21.6. The summed E-state index contributed by atoms with van der Waals surface area (Å²) in [5, 5.41) is 21.9. The van der Waals surface area contributed by atoms with Crippen molar-refractivity contribution >= 4 is 5.57 Å². The molecule has 3 aliphatic carbocycles. The Morgan fingerprint density at radius 1 is 1.13 bits per heavy atom. The Morgan fingerprint density at radius 3 is 2.65 bits per heavy atom. The minimum absolute atomic E-state index is 0.0233. The van der Waals surface area contributed by atoms with Crippen LogP contribution in [0.5, 0.6) is 0 Å². The first-order valence-corrected chi connectivity index (χ1v) is 11.6. The molecule has 5 nitrogen and oxygen atoms in total. The number of aliphatic hydroxyl groups excluding tert-OH is 2. The lowest BCUT2D eigenvalue weighted by Crippen LogP contribution is -2.61. The van der Waals surface area contributed by atoms with Crippen LogP contribution in [-0.4, -0.2) is 63.6 Å². The standard InChI is InChI=1S/C26H32N2O3/c1-24-9-6-17-14-19-22(29)23(30)20(28(2)3)15-25(19)10-11-26(17,31-25)21(24)5-4-18(24)16-7-12-27-13-8-16/h4,6-8,12-14,20-23,29-30H,5,9-11,15H2,1-3H3/t20-,21?,22+,23+,24+,25+,26+/m0/s1. The first-order valence-electron chi connectivity index (χ1n) is 11.6. The van der Waals surface area contributed by atoms with E-state index in [9.17, 15) is 10.2 Å². The highest BCUT2D eigenvalue weighted by Gasteiger charge is 2.67. The monoisotopic (exact) mass is 420 g/mol. The van der Waals surface area contributed by atoms with Gasteiger partial charge in [0.25, 0.3) is 0 Å². The molecule has 164 valence electrons. The maximum absolute atomic E-state index is 11.1. The third-order valence-electron chi connectivity index (χ3n) is 9.08. The molecule has 0 amide bonds. The molecule has 1 saturated carbocycles. The van der Waals surface area contributed by atoms with E-state index < -0.39 is 17.8 Å². The number of allylic oxidation sites excluding steroid dienone is 3. The van der Waals surface area contributed by atoms with Gasteiger partial charge in [0.2, 0.25) is 0 Å². The molecule has 3 heterocycles. The van der Waals surface area contributed by atoms with E-state index in [1.54, 1.807) is 0 Å². The van der Waals surface area contributed by atoms with Crippen molar-refractivity contribution in [2.75, 3.05) is 14.1 Å². The molecule has 2 aliphatic heterocycles. The summed E-state index contributed by atoms with van der Waals surface area (Å²) in [4.78, 5) is 6.24. The number of hydrogen-bond donors (Lipinski definition) is 2. The maximum atomic E-state index is 11.1. The van der Waals surface area contributed by atoms with Gasteiger partial charge in [-0.2, -0.15) is 0 Å². The van der Waals surface area contributed by atoms with E-state index in [4.69, 9.17) is 4.74 Å². The summed E-state index contributed by atoms with van der Waals surface area (Å²) in [6, 6.07) is 4.12. The van der Waals surface area contributed by atoms with Gasteiger partial charge in [0.05, 0.1) is 17.3 Å². The molecule has 31 heavy (non-hydrogen) atoms. The van der Waals surface area contributed by atoms with Gasteiger partial charge < -0.3 is 19.8 Å². The average Bonchev–Trinajstić information content (AvgIpc) is 3.27. The fourth-order valence-electron chi connectivity index (χ4n) is 7.48. The van der Waals surface area contributed by atoms with E-state index in [0.717, 1.165) is 37.7 Å². The number of aliphatic hydroxyl groups is 2. The fourth-order valence-corrected chi connectivity index (χ4v) is 7.48. The van der Waals surface area contributed by atoms with Gasteiger partial charge in [0.15, 0.2) is 0 Å². The van der Waals surface area contributed by atoms with Gasteiger partial charge in [0.1, 0.15) is 6.10 Å². The van der Waals surface area contributed by atoms with E-state index in [-0.39, 0.29) is 17.1 Å². The van der Waals surface area contributed by atoms with Crippen molar-refractivity contribution in [2.45, 2.75) is 68.5 Å². The molecule has 1 saturated heterocycles. The quantitative estimate of drug-likeness (QED) is 0.770. The van der Waals surface area contributed by atoms with Gasteiger partial charge in [-0.15, -0.1) is 0 Å². The molecule has 1 aromatic rings.